The molecule has 0 aromatic heterocycles. The SMILES string of the molecule is Cl[C@@H]1c2ccccc2C[C@@H]1Cl. The molecule has 1 aromatic carbocycles. The van der Waals surface area contributed by atoms with Gasteiger partial charge in [-0.05, 0) is 17.5 Å². The average Bonchev–Trinajstić information content (AvgIpc) is 2.30. The van der Waals surface area contributed by atoms with Crippen LogP contribution in [0.15, 0.2) is 24.3 Å². The maximum absolute atomic E-state index is 6.06. The second-order valence-corrected chi connectivity index (χ2v) is 3.85. The highest BCUT2D eigenvalue weighted by molar-refractivity contribution is 6.30. The summed E-state index contributed by atoms with van der Waals surface area (Å²) in [4.78, 5) is 0. The topological polar surface area (TPSA) is 0 Å². The van der Waals surface area contributed by atoms with Gasteiger partial charge in [0.15, 0.2) is 0 Å². The van der Waals surface area contributed by atoms with Gasteiger partial charge in [0.25, 0.3) is 0 Å². The van der Waals surface area contributed by atoms with E-state index in [2.05, 4.69) is 12.1 Å². The van der Waals surface area contributed by atoms with Gasteiger partial charge in [0.1, 0.15) is 0 Å². The van der Waals surface area contributed by atoms with Crippen LogP contribution in [0.25, 0.3) is 0 Å². The minimum absolute atomic E-state index is 0.00728. The Morgan fingerprint density at radius 2 is 1.91 bits per heavy atom. The van der Waals surface area contributed by atoms with Gasteiger partial charge in [-0.15, -0.1) is 23.2 Å². The molecule has 0 bridgehead atoms. The van der Waals surface area contributed by atoms with E-state index >= 15 is 0 Å². The molecule has 58 valence electrons. The number of hydrogen-bond donors (Lipinski definition) is 0. The first-order valence-corrected chi connectivity index (χ1v) is 4.52. The van der Waals surface area contributed by atoms with E-state index in [0.717, 1.165) is 6.42 Å². The van der Waals surface area contributed by atoms with Gasteiger partial charge in [-0.3, -0.25) is 0 Å². The molecule has 0 radical (unpaired) electrons. The van der Waals surface area contributed by atoms with Crippen LogP contribution in [0, 0.1) is 0 Å². The Balaban J connectivity index is 2.47. The van der Waals surface area contributed by atoms with Crippen molar-refractivity contribution in [2.45, 2.75) is 17.2 Å². The zero-order valence-corrected chi connectivity index (χ0v) is 7.44. The standard InChI is InChI=1S/C9H8Cl2/c10-8-5-6-3-1-2-4-7(6)9(8)11/h1-4,8-9H,5H2/t8-,9+/m0/s1. The Labute approximate surface area is 76.1 Å². The molecule has 2 atom stereocenters. The van der Waals surface area contributed by atoms with Crippen molar-refractivity contribution in [3.63, 3.8) is 0 Å². The molecule has 0 saturated heterocycles. The minimum atomic E-state index is 0.00728. The molecule has 0 nitrogen and oxygen atoms in total. The first-order chi connectivity index (χ1) is 5.29. The first kappa shape index (κ1) is 7.45. The minimum Gasteiger partial charge on any atom is -0.121 e. The fourth-order valence-electron chi connectivity index (χ4n) is 1.50. The maximum Gasteiger partial charge on any atom is 0.0754 e. The van der Waals surface area contributed by atoms with Gasteiger partial charge in [-0.2, -0.15) is 0 Å². The lowest BCUT2D eigenvalue weighted by atomic mass is 10.1. The summed E-state index contributed by atoms with van der Waals surface area (Å²) in [5.74, 6) is 0. The van der Waals surface area contributed by atoms with Crippen LogP contribution >= 0.6 is 23.2 Å². The third-order valence-electron chi connectivity index (χ3n) is 2.08. The molecule has 0 unspecified atom stereocenters. The average molecular weight is 187 g/mol. The second-order valence-electron chi connectivity index (χ2n) is 2.82. The highest BCUT2D eigenvalue weighted by Crippen LogP contribution is 2.38. The number of alkyl halides is 2. The van der Waals surface area contributed by atoms with Gasteiger partial charge in [0.05, 0.1) is 10.8 Å². The Hall–Kier alpha value is -0.200. The van der Waals surface area contributed by atoms with Gasteiger partial charge in [0.2, 0.25) is 0 Å². The van der Waals surface area contributed by atoms with Crippen molar-refractivity contribution in [3.8, 4) is 0 Å². The van der Waals surface area contributed by atoms with Gasteiger partial charge >= 0.3 is 0 Å². The van der Waals surface area contributed by atoms with E-state index in [0.29, 0.717) is 0 Å². The molecule has 11 heavy (non-hydrogen) atoms. The van der Waals surface area contributed by atoms with Crippen molar-refractivity contribution in [2.24, 2.45) is 0 Å². The summed E-state index contributed by atoms with van der Waals surface area (Å²) in [5.41, 5.74) is 2.50. The highest BCUT2D eigenvalue weighted by Gasteiger charge is 2.28. The number of hydrogen-bond acceptors (Lipinski definition) is 0. The van der Waals surface area contributed by atoms with Crippen LogP contribution in [0.3, 0.4) is 0 Å². The molecule has 1 aromatic rings. The normalized spacial score (nSPS) is 28.5. The summed E-state index contributed by atoms with van der Waals surface area (Å²) in [7, 11) is 0. The lowest BCUT2D eigenvalue weighted by Gasteiger charge is -2.03. The maximum atomic E-state index is 6.06. The molecule has 0 aliphatic heterocycles. The Morgan fingerprint density at radius 3 is 2.64 bits per heavy atom. The molecule has 1 aliphatic rings. The number of rotatable bonds is 0. The summed E-state index contributed by atoms with van der Waals surface area (Å²) in [6.07, 6.45) is 0.909. The van der Waals surface area contributed by atoms with Crippen LogP contribution in [0.4, 0.5) is 0 Å². The summed E-state index contributed by atoms with van der Waals surface area (Å²) < 4.78 is 0. The molecule has 2 rings (SSSR count). The molecule has 0 amide bonds. The van der Waals surface area contributed by atoms with E-state index < -0.39 is 0 Å². The molecule has 1 aliphatic carbocycles. The highest BCUT2D eigenvalue weighted by atomic mass is 35.5. The molecule has 0 heterocycles. The van der Waals surface area contributed by atoms with Crippen molar-refractivity contribution < 1.29 is 0 Å². The zero-order valence-electron chi connectivity index (χ0n) is 5.93. The lowest BCUT2D eigenvalue weighted by Crippen LogP contribution is -1.98. The molecular formula is C9H8Cl2. The van der Waals surface area contributed by atoms with E-state index in [1.54, 1.807) is 0 Å². The Bertz CT molecular complexity index is 270. The van der Waals surface area contributed by atoms with Crippen molar-refractivity contribution in [2.75, 3.05) is 0 Å². The fourth-order valence-corrected chi connectivity index (χ4v) is 2.10. The molecule has 0 N–H and O–H groups in total. The van der Waals surface area contributed by atoms with E-state index in [4.69, 9.17) is 23.2 Å². The van der Waals surface area contributed by atoms with Crippen molar-refractivity contribution in [1.82, 2.24) is 0 Å². The van der Waals surface area contributed by atoms with Crippen LogP contribution in [-0.4, -0.2) is 5.38 Å². The Kier molecular flexibility index (Phi) is 1.82. The van der Waals surface area contributed by atoms with Crippen LogP contribution in [0.2, 0.25) is 0 Å². The summed E-state index contributed by atoms with van der Waals surface area (Å²) in [5, 5.41) is 0.0851. The van der Waals surface area contributed by atoms with Gasteiger partial charge in [-0.1, -0.05) is 24.3 Å². The third kappa shape index (κ3) is 1.15. The molecule has 0 fully saturated rings. The van der Waals surface area contributed by atoms with Crippen LogP contribution in [0.5, 0.6) is 0 Å². The summed E-state index contributed by atoms with van der Waals surface area (Å²) in [6, 6.07) is 8.17. The van der Waals surface area contributed by atoms with Gasteiger partial charge in [0, 0.05) is 0 Å². The van der Waals surface area contributed by atoms with Crippen molar-refractivity contribution in [1.29, 1.82) is 0 Å². The predicted molar refractivity (Wildman–Crippen MR) is 48.4 cm³/mol. The van der Waals surface area contributed by atoms with E-state index in [1.165, 1.54) is 11.1 Å². The Morgan fingerprint density at radius 1 is 1.18 bits per heavy atom. The smallest absolute Gasteiger partial charge is 0.0754 e. The zero-order chi connectivity index (χ0) is 7.84. The van der Waals surface area contributed by atoms with Crippen LogP contribution in [-0.2, 0) is 6.42 Å². The van der Waals surface area contributed by atoms with Crippen LogP contribution < -0.4 is 0 Å². The third-order valence-corrected chi connectivity index (χ3v) is 3.16. The number of benzene rings is 1. The first-order valence-electron chi connectivity index (χ1n) is 3.65. The molecule has 0 spiro atoms. The number of fused-ring (bicyclic) bond motifs is 1. The summed E-state index contributed by atoms with van der Waals surface area (Å²) in [6.45, 7) is 0. The van der Waals surface area contributed by atoms with E-state index in [9.17, 15) is 0 Å². The number of halogens is 2. The van der Waals surface area contributed by atoms with Crippen LogP contribution in [0.1, 0.15) is 16.5 Å². The van der Waals surface area contributed by atoms with E-state index in [1.807, 2.05) is 12.1 Å². The summed E-state index contributed by atoms with van der Waals surface area (Å²) >= 11 is 12.1. The van der Waals surface area contributed by atoms with Gasteiger partial charge in [-0.25, -0.2) is 0 Å². The largest absolute Gasteiger partial charge is 0.121 e. The molecule has 0 saturated carbocycles. The second kappa shape index (κ2) is 2.69. The fraction of sp³-hybridized carbons (Fsp3) is 0.333. The molecular weight excluding hydrogens is 179 g/mol. The predicted octanol–water partition coefficient (Wildman–Crippen LogP) is 3.13. The van der Waals surface area contributed by atoms with Gasteiger partial charge < -0.3 is 0 Å². The van der Waals surface area contributed by atoms with E-state index in [-0.39, 0.29) is 10.8 Å². The van der Waals surface area contributed by atoms with Crippen molar-refractivity contribution >= 4 is 23.2 Å². The van der Waals surface area contributed by atoms with Crippen molar-refractivity contribution in [3.05, 3.63) is 35.4 Å². The quantitative estimate of drug-likeness (QED) is 0.547. The lowest BCUT2D eigenvalue weighted by molar-refractivity contribution is 0.892. The molecule has 2 heteroatoms. The monoisotopic (exact) mass is 186 g/mol.